The SMILES string of the molecule is COc1nc(-c2nc3n(n2)CCC[C@@H]3c2ccc3c(c2)C(C)(C)CN3CC(F)(F)F)ccc1-n1cnc(C)c1. The van der Waals surface area contributed by atoms with Crippen molar-refractivity contribution in [2.45, 2.75) is 57.7 Å². The summed E-state index contributed by atoms with van der Waals surface area (Å²) in [4.78, 5) is 15.3. The number of methoxy groups -OCH3 is 1. The average molecular weight is 538 g/mol. The van der Waals surface area contributed by atoms with E-state index in [0.29, 0.717) is 29.6 Å². The van der Waals surface area contributed by atoms with Crippen molar-refractivity contribution in [3.63, 3.8) is 0 Å². The van der Waals surface area contributed by atoms with Crippen molar-refractivity contribution >= 4 is 5.69 Å². The Bertz CT molecular complexity index is 1540. The molecule has 0 bridgehead atoms. The quantitative estimate of drug-likeness (QED) is 0.338. The molecule has 8 nitrogen and oxygen atoms in total. The Hall–Kier alpha value is -3.89. The summed E-state index contributed by atoms with van der Waals surface area (Å²) in [5, 5.41) is 4.77. The summed E-state index contributed by atoms with van der Waals surface area (Å²) in [6, 6.07) is 9.64. The number of nitrogens with zero attached hydrogens (tertiary/aromatic N) is 7. The van der Waals surface area contributed by atoms with E-state index in [1.165, 1.54) is 4.90 Å². The minimum atomic E-state index is -4.25. The van der Waals surface area contributed by atoms with E-state index in [1.807, 2.05) is 60.5 Å². The summed E-state index contributed by atoms with van der Waals surface area (Å²) >= 11 is 0. The molecule has 2 aliphatic heterocycles. The van der Waals surface area contributed by atoms with Gasteiger partial charge in [0.05, 0.1) is 19.1 Å². The summed E-state index contributed by atoms with van der Waals surface area (Å²) < 4.78 is 49.0. The number of fused-ring (bicyclic) bond motifs is 2. The van der Waals surface area contributed by atoms with Crippen molar-refractivity contribution in [2.75, 3.05) is 25.1 Å². The zero-order valence-electron chi connectivity index (χ0n) is 22.3. The molecule has 0 aliphatic carbocycles. The summed E-state index contributed by atoms with van der Waals surface area (Å²) in [7, 11) is 1.58. The first-order valence-corrected chi connectivity index (χ1v) is 13.0. The molecule has 204 valence electrons. The summed E-state index contributed by atoms with van der Waals surface area (Å²) in [6.07, 6.45) is 1.18. The second kappa shape index (κ2) is 9.10. The molecule has 0 radical (unpaired) electrons. The van der Waals surface area contributed by atoms with Gasteiger partial charge in [0.2, 0.25) is 5.88 Å². The van der Waals surface area contributed by atoms with Crippen LogP contribution in [0.2, 0.25) is 0 Å². The van der Waals surface area contributed by atoms with E-state index in [2.05, 4.69) is 16.0 Å². The maximum absolute atomic E-state index is 13.2. The van der Waals surface area contributed by atoms with E-state index in [-0.39, 0.29) is 11.3 Å². The fourth-order valence-electron chi connectivity index (χ4n) is 5.83. The van der Waals surface area contributed by atoms with Gasteiger partial charge >= 0.3 is 6.18 Å². The number of imidazole rings is 1. The highest BCUT2D eigenvalue weighted by Gasteiger charge is 2.41. The molecule has 0 saturated carbocycles. The van der Waals surface area contributed by atoms with Crippen LogP contribution in [-0.2, 0) is 12.0 Å². The Morgan fingerprint density at radius 1 is 1.10 bits per heavy atom. The van der Waals surface area contributed by atoms with Crippen LogP contribution in [0, 0.1) is 6.92 Å². The van der Waals surface area contributed by atoms with Crippen molar-refractivity contribution in [3.8, 4) is 23.1 Å². The number of pyridine rings is 1. The third-order valence-corrected chi connectivity index (χ3v) is 7.58. The average Bonchev–Trinajstić information content (AvgIpc) is 3.58. The van der Waals surface area contributed by atoms with E-state index in [9.17, 15) is 13.2 Å². The molecule has 1 atom stereocenters. The number of anilines is 1. The van der Waals surface area contributed by atoms with Crippen LogP contribution >= 0.6 is 0 Å². The van der Waals surface area contributed by atoms with Gasteiger partial charge in [-0.05, 0) is 49.1 Å². The molecule has 39 heavy (non-hydrogen) atoms. The second-order valence-corrected chi connectivity index (χ2v) is 11.0. The first kappa shape index (κ1) is 25.4. The van der Waals surface area contributed by atoms with Crippen molar-refractivity contribution < 1.29 is 17.9 Å². The number of alkyl halides is 3. The third-order valence-electron chi connectivity index (χ3n) is 7.58. The van der Waals surface area contributed by atoms with Crippen LogP contribution in [0.25, 0.3) is 17.2 Å². The number of rotatable bonds is 5. The number of hydrogen-bond donors (Lipinski definition) is 0. The van der Waals surface area contributed by atoms with Crippen LogP contribution in [0.5, 0.6) is 5.88 Å². The third kappa shape index (κ3) is 4.63. The zero-order chi connectivity index (χ0) is 27.5. The molecular weight excluding hydrogens is 507 g/mol. The molecule has 11 heteroatoms. The minimum absolute atomic E-state index is 0.00661. The normalized spacial score (nSPS) is 18.2. The van der Waals surface area contributed by atoms with E-state index in [0.717, 1.165) is 47.7 Å². The molecule has 0 unspecified atom stereocenters. The fraction of sp³-hybridized carbons (Fsp3) is 0.429. The van der Waals surface area contributed by atoms with E-state index >= 15 is 0 Å². The maximum atomic E-state index is 13.2. The smallest absolute Gasteiger partial charge is 0.405 e. The van der Waals surface area contributed by atoms with Gasteiger partial charge in [-0.2, -0.15) is 13.2 Å². The molecule has 0 spiro atoms. The van der Waals surface area contributed by atoms with Crippen molar-refractivity contribution in [3.05, 3.63) is 65.5 Å². The van der Waals surface area contributed by atoms with Gasteiger partial charge in [-0.25, -0.2) is 19.6 Å². The van der Waals surface area contributed by atoms with Crippen LogP contribution in [0.1, 0.15) is 55.3 Å². The molecule has 6 rings (SSSR count). The number of benzene rings is 1. The second-order valence-electron chi connectivity index (χ2n) is 11.0. The molecule has 2 aliphatic rings. The topological polar surface area (TPSA) is 73.9 Å². The molecule has 0 fully saturated rings. The highest BCUT2D eigenvalue weighted by Crippen LogP contribution is 2.44. The monoisotopic (exact) mass is 537 g/mol. The lowest BCUT2D eigenvalue weighted by atomic mass is 9.83. The molecule has 5 heterocycles. The molecular formula is C28H30F3N7O. The lowest BCUT2D eigenvalue weighted by Gasteiger charge is -2.24. The Morgan fingerprint density at radius 3 is 2.62 bits per heavy atom. The fourth-order valence-corrected chi connectivity index (χ4v) is 5.83. The maximum Gasteiger partial charge on any atom is 0.405 e. The van der Waals surface area contributed by atoms with E-state index < -0.39 is 12.7 Å². The molecule has 3 aromatic heterocycles. The molecule has 0 saturated heterocycles. The van der Waals surface area contributed by atoms with Gasteiger partial charge in [0, 0.05) is 36.3 Å². The van der Waals surface area contributed by atoms with Gasteiger partial charge in [0.25, 0.3) is 0 Å². The van der Waals surface area contributed by atoms with Gasteiger partial charge in [0.1, 0.15) is 23.8 Å². The lowest BCUT2D eigenvalue weighted by molar-refractivity contribution is -0.119. The van der Waals surface area contributed by atoms with Crippen LogP contribution in [0.4, 0.5) is 18.9 Å². The number of halogens is 3. The lowest BCUT2D eigenvalue weighted by Crippen LogP contribution is -2.36. The molecule has 4 aromatic rings. The molecule has 0 N–H and O–H groups in total. The van der Waals surface area contributed by atoms with Crippen molar-refractivity contribution in [1.82, 2.24) is 29.3 Å². The number of aryl methyl sites for hydroxylation is 2. The predicted molar refractivity (Wildman–Crippen MR) is 140 cm³/mol. The summed E-state index contributed by atoms with van der Waals surface area (Å²) in [5.41, 5.74) is 4.52. The van der Waals surface area contributed by atoms with Gasteiger partial charge in [0.15, 0.2) is 5.82 Å². The van der Waals surface area contributed by atoms with Crippen LogP contribution in [0.3, 0.4) is 0 Å². The Kier molecular flexibility index (Phi) is 5.92. The van der Waals surface area contributed by atoms with Crippen LogP contribution in [0.15, 0.2) is 42.9 Å². The number of hydrogen-bond acceptors (Lipinski definition) is 6. The zero-order valence-corrected chi connectivity index (χ0v) is 22.3. The molecule has 1 aromatic carbocycles. The standard InChI is InChI=1S/C28H30F3N7O/c1-17-13-36(16-32-17)23-10-8-21(33-26(23)39-4)24-34-25-19(6-5-11-38(25)35-24)18-7-9-22-20(12-18)27(2,3)14-37(22)15-28(29,30)31/h7-10,12-13,16,19H,5-6,11,14-15H2,1-4H3/t19-/m1/s1. The highest BCUT2D eigenvalue weighted by molar-refractivity contribution is 5.64. The Morgan fingerprint density at radius 2 is 1.90 bits per heavy atom. The van der Waals surface area contributed by atoms with Gasteiger partial charge in [-0.15, -0.1) is 5.10 Å². The van der Waals surface area contributed by atoms with Crippen molar-refractivity contribution in [1.29, 1.82) is 0 Å². The van der Waals surface area contributed by atoms with Crippen LogP contribution < -0.4 is 9.64 Å². The molecule has 0 amide bonds. The minimum Gasteiger partial charge on any atom is -0.479 e. The first-order chi connectivity index (χ1) is 18.5. The van der Waals surface area contributed by atoms with E-state index in [4.69, 9.17) is 14.8 Å². The van der Waals surface area contributed by atoms with E-state index in [1.54, 1.807) is 13.4 Å². The largest absolute Gasteiger partial charge is 0.479 e. The number of aromatic nitrogens is 6. The summed E-state index contributed by atoms with van der Waals surface area (Å²) in [5.74, 6) is 1.79. The number of ether oxygens (including phenoxy) is 1. The van der Waals surface area contributed by atoms with Gasteiger partial charge in [-0.1, -0.05) is 26.0 Å². The summed E-state index contributed by atoms with van der Waals surface area (Å²) in [6.45, 7) is 6.06. The van der Waals surface area contributed by atoms with Gasteiger partial charge < -0.3 is 14.2 Å². The Labute approximate surface area is 224 Å². The van der Waals surface area contributed by atoms with Crippen LogP contribution in [-0.4, -0.2) is 55.7 Å². The van der Waals surface area contributed by atoms with Gasteiger partial charge in [-0.3, -0.25) is 0 Å². The predicted octanol–water partition coefficient (Wildman–Crippen LogP) is 5.43. The highest BCUT2D eigenvalue weighted by atomic mass is 19.4. The van der Waals surface area contributed by atoms with Crippen molar-refractivity contribution in [2.24, 2.45) is 0 Å². The Balaban J connectivity index is 1.33. The first-order valence-electron chi connectivity index (χ1n) is 13.0.